The number of methoxy groups -OCH3 is 1. The molecular formula is C16H18BrFN2O. The van der Waals surface area contributed by atoms with E-state index < -0.39 is 0 Å². The molecule has 1 aromatic heterocycles. The van der Waals surface area contributed by atoms with Crippen molar-refractivity contribution in [2.75, 3.05) is 7.11 Å². The second-order valence-electron chi connectivity index (χ2n) is 5.03. The maximum Gasteiger partial charge on any atom is 0.137 e. The molecule has 0 aliphatic rings. The Kier molecular flexibility index (Phi) is 4.96. The van der Waals surface area contributed by atoms with Gasteiger partial charge in [-0.25, -0.2) is 4.39 Å². The van der Waals surface area contributed by atoms with Crippen molar-refractivity contribution in [3.05, 3.63) is 57.1 Å². The Morgan fingerprint density at radius 2 is 2.10 bits per heavy atom. The van der Waals surface area contributed by atoms with Crippen LogP contribution in [0.3, 0.4) is 0 Å². The highest BCUT2D eigenvalue weighted by atomic mass is 79.9. The first kappa shape index (κ1) is 15.9. The van der Waals surface area contributed by atoms with Gasteiger partial charge in [0.1, 0.15) is 11.6 Å². The molecule has 0 aliphatic carbocycles. The van der Waals surface area contributed by atoms with Crippen molar-refractivity contribution >= 4 is 15.9 Å². The number of hydrogen-bond donors (Lipinski definition) is 1. The highest BCUT2D eigenvalue weighted by molar-refractivity contribution is 9.10. The van der Waals surface area contributed by atoms with Crippen LogP contribution in [0.2, 0.25) is 0 Å². The fourth-order valence-corrected chi connectivity index (χ4v) is 2.59. The van der Waals surface area contributed by atoms with Crippen molar-refractivity contribution in [1.29, 1.82) is 0 Å². The molecule has 0 saturated heterocycles. The van der Waals surface area contributed by atoms with Crippen molar-refractivity contribution < 1.29 is 9.13 Å². The monoisotopic (exact) mass is 352 g/mol. The molecule has 1 aromatic carbocycles. The van der Waals surface area contributed by atoms with E-state index in [-0.39, 0.29) is 11.9 Å². The summed E-state index contributed by atoms with van der Waals surface area (Å²) in [5.41, 5.74) is 9.76. The Labute approximate surface area is 132 Å². The normalized spacial score (nSPS) is 12.3. The predicted octanol–water partition coefficient (Wildman–Crippen LogP) is 3.85. The highest BCUT2D eigenvalue weighted by Crippen LogP contribution is 2.27. The summed E-state index contributed by atoms with van der Waals surface area (Å²) in [6, 6.07) is 4.63. The molecule has 5 heteroatoms. The second-order valence-corrected chi connectivity index (χ2v) is 5.88. The molecule has 21 heavy (non-hydrogen) atoms. The number of nitrogens with zero attached hydrogens (tertiary/aromatic N) is 1. The van der Waals surface area contributed by atoms with Crippen LogP contribution in [0, 0.1) is 19.7 Å². The Morgan fingerprint density at radius 1 is 1.38 bits per heavy atom. The lowest BCUT2D eigenvalue weighted by Gasteiger charge is -2.16. The van der Waals surface area contributed by atoms with E-state index in [1.54, 1.807) is 19.4 Å². The summed E-state index contributed by atoms with van der Waals surface area (Å²) in [6.45, 7) is 3.91. The number of ether oxygens (including phenoxy) is 1. The summed E-state index contributed by atoms with van der Waals surface area (Å²) in [4.78, 5) is 4.43. The highest BCUT2D eigenvalue weighted by Gasteiger charge is 2.15. The average Bonchev–Trinajstić information content (AvgIpc) is 2.45. The molecule has 2 aromatic rings. The van der Waals surface area contributed by atoms with E-state index in [2.05, 4.69) is 20.9 Å². The molecule has 2 rings (SSSR count). The molecule has 3 nitrogen and oxygen atoms in total. The number of nitrogens with two attached hydrogens (primary N) is 1. The van der Waals surface area contributed by atoms with Gasteiger partial charge in [-0.05, 0) is 47.5 Å². The third kappa shape index (κ3) is 3.41. The van der Waals surface area contributed by atoms with Crippen molar-refractivity contribution in [2.24, 2.45) is 5.73 Å². The van der Waals surface area contributed by atoms with Crippen LogP contribution in [0.15, 0.2) is 28.9 Å². The predicted molar refractivity (Wildman–Crippen MR) is 85.0 cm³/mol. The largest absolute Gasteiger partial charge is 0.496 e. The summed E-state index contributed by atoms with van der Waals surface area (Å²) in [7, 11) is 1.64. The SMILES string of the molecule is COc1c(C)cnc(CC(N)c2ccc(Br)c(F)c2)c1C. The molecule has 2 N–H and O–H groups in total. The number of aromatic nitrogens is 1. The lowest BCUT2D eigenvalue weighted by Crippen LogP contribution is -2.15. The Balaban J connectivity index is 2.27. The van der Waals surface area contributed by atoms with E-state index in [1.807, 2.05) is 19.9 Å². The minimum atomic E-state index is -0.314. The van der Waals surface area contributed by atoms with Crippen molar-refractivity contribution in [3.8, 4) is 5.75 Å². The fourth-order valence-electron chi connectivity index (χ4n) is 2.35. The lowest BCUT2D eigenvalue weighted by atomic mass is 9.99. The molecule has 112 valence electrons. The van der Waals surface area contributed by atoms with E-state index in [0.29, 0.717) is 10.9 Å². The van der Waals surface area contributed by atoms with E-state index >= 15 is 0 Å². The lowest BCUT2D eigenvalue weighted by molar-refractivity contribution is 0.406. The van der Waals surface area contributed by atoms with Gasteiger partial charge in [0.05, 0.1) is 11.6 Å². The van der Waals surface area contributed by atoms with Gasteiger partial charge in [-0.2, -0.15) is 0 Å². The molecule has 0 saturated carbocycles. The number of hydrogen-bond acceptors (Lipinski definition) is 3. The van der Waals surface area contributed by atoms with Gasteiger partial charge in [0.25, 0.3) is 0 Å². The zero-order valence-electron chi connectivity index (χ0n) is 12.3. The zero-order valence-corrected chi connectivity index (χ0v) is 13.9. The van der Waals surface area contributed by atoms with Gasteiger partial charge in [0, 0.05) is 35.5 Å². The Morgan fingerprint density at radius 3 is 2.71 bits per heavy atom. The molecule has 1 heterocycles. The molecule has 1 unspecified atom stereocenters. The number of rotatable bonds is 4. The van der Waals surface area contributed by atoms with Crippen LogP contribution in [-0.4, -0.2) is 12.1 Å². The van der Waals surface area contributed by atoms with E-state index in [4.69, 9.17) is 10.5 Å². The van der Waals surface area contributed by atoms with Crippen LogP contribution in [0.4, 0.5) is 4.39 Å². The summed E-state index contributed by atoms with van der Waals surface area (Å²) in [5, 5.41) is 0. The first-order valence-electron chi connectivity index (χ1n) is 6.63. The first-order chi connectivity index (χ1) is 9.93. The van der Waals surface area contributed by atoms with E-state index in [9.17, 15) is 4.39 Å². The molecule has 0 spiro atoms. The Hall–Kier alpha value is -1.46. The van der Waals surface area contributed by atoms with Gasteiger partial charge < -0.3 is 10.5 Å². The van der Waals surface area contributed by atoms with Crippen molar-refractivity contribution in [3.63, 3.8) is 0 Å². The number of pyridine rings is 1. The molecule has 0 radical (unpaired) electrons. The molecule has 0 aliphatic heterocycles. The van der Waals surface area contributed by atoms with Crippen molar-refractivity contribution in [1.82, 2.24) is 4.98 Å². The van der Waals surface area contributed by atoms with Gasteiger partial charge in [-0.15, -0.1) is 0 Å². The molecule has 1 atom stereocenters. The summed E-state index contributed by atoms with van der Waals surface area (Å²) < 4.78 is 19.4. The van der Waals surface area contributed by atoms with Crippen LogP contribution < -0.4 is 10.5 Å². The van der Waals surface area contributed by atoms with Crippen molar-refractivity contribution in [2.45, 2.75) is 26.3 Å². The quantitative estimate of drug-likeness (QED) is 0.908. The fraction of sp³-hybridized carbons (Fsp3) is 0.312. The van der Waals surface area contributed by atoms with Crippen LogP contribution >= 0.6 is 15.9 Å². The van der Waals surface area contributed by atoms with E-state index in [1.165, 1.54) is 6.07 Å². The number of benzene rings is 1. The topological polar surface area (TPSA) is 48.1 Å². The van der Waals surface area contributed by atoms with E-state index in [0.717, 1.165) is 28.1 Å². The number of halogens is 2. The smallest absolute Gasteiger partial charge is 0.137 e. The maximum atomic E-state index is 13.6. The van der Waals surface area contributed by atoms with Gasteiger partial charge in [0.2, 0.25) is 0 Å². The third-order valence-electron chi connectivity index (χ3n) is 3.53. The maximum absolute atomic E-state index is 13.6. The van der Waals surface area contributed by atoms with Crippen LogP contribution in [0.1, 0.15) is 28.4 Å². The van der Waals surface area contributed by atoms with Crippen LogP contribution in [0.25, 0.3) is 0 Å². The van der Waals surface area contributed by atoms with Crippen LogP contribution in [0.5, 0.6) is 5.75 Å². The second kappa shape index (κ2) is 6.54. The summed E-state index contributed by atoms with van der Waals surface area (Å²) in [5.74, 6) is 0.517. The van der Waals surface area contributed by atoms with Gasteiger partial charge in [-0.3, -0.25) is 4.98 Å². The minimum Gasteiger partial charge on any atom is -0.496 e. The number of aryl methyl sites for hydroxylation is 1. The third-order valence-corrected chi connectivity index (χ3v) is 4.18. The van der Waals surface area contributed by atoms with Gasteiger partial charge >= 0.3 is 0 Å². The molecule has 0 fully saturated rings. The Bertz CT molecular complexity index is 661. The standard InChI is InChI=1S/C16H18BrFN2O/c1-9-8-20-15(10(2)16(9)21-3)7-14(19)11-4-5-12(17)13(18)6-11/h4-6,8,14H,7,19H2,1-3H3. The molecule has 0 amide bonds. The van der Waals surface area contributed by atoms with Crippen LogP contribution in [-0.2, 0) is 6.42 Å². The first-order valence-corrected chi connectivity index (χ1v) is 7.43. The summed E-state index contributed by atoms with van der Waals surface area (Å²) >= 11 is 3.14. The summed E-state index contributed by atoms with van der Waals surface area (Å²) in [6.07, 6.45) is 2.31. The van der Waals surface area contributed by atoms with Gasteiger partial charge in [-0.1, -0.05) is 6.07 Å². The minimum absolute atomic E-state index is 0.311. The molecule has 0 bridgehead atoms. The average molecular weight is 353 g/mol. The van der Waals surface area contributed by atoms with Gasteiger partial charge in [0.15, 0.2) is 0 Å². The molecular weight excluding hydrogens is 335 g/mol. The zero-order chi connectivity index (χ0) is 15.6.